The van der Waals surface area contributed by atoms with E-state index in [0.717, 1.165) is 34.6 Å². The second kappa shape index (κ2) is 9.72. The third-order valence-electron chi connectivity index (χ3n) is 5.80. The van der Waals surface area contributed by atoms with Crippen molar-refractivity contribution in [3.63, 3.8) is 0 Å². The third kappa shape index (κ3) is 5.32. The van der Waals surface area contributed by atoms with Crippen LogP contribution in [0, 0.1) is 0 Å². The van der Waals surface area contributed by atoms with Crippen LogP contribution in [0.2, 0.25) is 0 Å². The number of fused-ring (bicyclic) bond motifs is 1. The Balaban J connectivity index is 1.69. The number of hydrazine groups is 1. The topological polar surface area (TPSA) is 102 Å². The number of hydrogen-bond donors (Lipinski definition) is 1. The number of rotatable bonds is 8. The number of nitrogens with one attached hydrogen (secondary N) is 1. The van der Waals surface area contributed by atoms with Gasteiger partial charge in [-0.15, -0.1) is 0 Å². The fraction of sp³-hybridized carbons (Fsp3) is 0.500. The first-order chi connectivity index (χ1) is 15.8. The van der Waals surface area contributed by atoms with Crippen LogP contribution in [0.3, 0.4) is 0 Å². The van der Waals surface area contributed by atoms with E-state index in [2.05, 4.69) is 17.2 Å². The van der Waals surface area contributed by atoms with Crippen LogP contribution in [0.4, 0.5) is 11.6 Å². The molecule has 1 saturated heterocycles. The predicted molar refractivity (Wildman–Crippen MR) is 124 cm³/mol. The molecule has 0 unspecified atom stereocenters. The Labute approximate surface area is 194 Å². The van der Waals surface area contributed by atoms with Crippen LogP contribution in [-0.4, -0.2) is 59.7 Å². The van der Waals surface area contributed by atoms with Crippen LogP contribution in [0.5, 0.6) is 11.5 Å². The van der Waals surface area contributed by atoms with Crippen molar-refractivity contribution in [1.82, 2.24) is 10.4 Å². The van der Waals surface area contributed by atoms with Crippen LogP contribution < -0.4 is 24.8 Å². The first kappa shape index (κ1) is 23.6. The summed E-state index contributed by atoms with van der Waals surface area (Å²) in [5.74, 6) is 2.94. The van der Waals surface area contributed by atoms with Gasteiger partial charge in [0.2, 0.25) is 0 Å². The van der Waals surface area contributed by atoms with Gasteiger partial charge in [-0.2, -0.15) is 8.42 Å². The molecule has 10 nitrogen and oxygen atoms in total. The quantitative estimate of drug-likeness (QED) is 0.565. The summed E-state index contributed by atoms with van der Waals surface area (Å²) in [5.41, 5.74) is 6.02. The first-order valence-corrected chi connectivity index (χ1v) is 12.5. The van der Waals surface area contributed by atoms with E-state index in [1.165, 1.54) is 0 Å². The van der Waals surface area contributed by atoms with Gasteiger partial charge in [0.1, 0.15) is 23.1 Å². The summed E-state index contributed by atoms with van der Waals surface area (Å²) in [6.07, 6.45) is 1.06. The number of anilines is 2. The molecule has 1 N–H and O–H groups in total. The van der Waals surface area contributed by atoms with E-state index in [1.54, 1.807) is 14.2 Å². The zero-order valence-corrected chi connectivity index (χ0v) is 20.1. The summed E-state index contributed by atoms with van der Waals surface area (Å²) in [6, 6.07) is 7.76. The summed E-state index contributed by atoms with van der Waals surface area (Å²) in [6.45, 7) is 4.99. The molecule has 3 heterocycles. The van der Waals surface area contributed by atoms with Crippen molar-refractivity contribution in [3.8, 4) is 11.5 Å². The molecule has 1 aromatic carbocycles. The zero-order valence-electron chi connectivity index (χ0n) is 19.3. The van der Waals surface area contributed by atoms with Gasteiger partial charge in [-0.25, -0.2) is 10.4 Å². The lowest BCUT2D eigenvalue weighted by Gasteiger charge is -2.35. The highest BCUT2D eigenvalue weighted by Crippen LogP contribution is 2.34. The predicted octanol–water partition coefficient (Wildman–Crippen LogP) is 1.82. The second-order valence-electron chi connectivity index (χ2n) is 8.12. The van der Waals surface area contributed by atoms with Gasteiger partial charge in [-0.05, 0) is 30.7 Å². The van der Waals surface area contributed by atoms with Crippen LogP contribution in [-0.2, 0) is 38.7 Å². The van der Waals surface area contributed by atoms with E-state index in [-0.39, 0.29) is 12.6 Å². The SMILES string of the molecule is COc1ccc(CN2NCc3c(COS(C)(=O)=O)cc(N4CCOC[C@H]4C)nc32)c(OC)c1. The van der Waals surface area contributed by atoms with E-state index in [0.29, 0.717) is 44.3 Å². The normalized spacial score (nSPS) is 18.4. The maximum absolute atomic E-state index is 11.7. The highest BCUT2D eigenvalue weighted by molar-refractivity contribution is 7.85. The molecular formula is C22H30N4O6S. The molecule has 180 valence electrons. The number of ether oxygens (including phenoxy) is 3. The monoisotopic (exact) mass is 478 g/mol. The molecule has 33 heavy (non-hydrogen) atoms. The van der Waals surface area contributed by atoms with Crippen molar-refractivity contribution in [2.45, 2.75) is 32.7 Å². The lowest BCUT2D eigenvalue weighted by atomic mass is 10.1. The molecule has 2 aliphatic heterocycles. The third-order valence-corrected chi connectivity index (χ3v) is 6.34. The molecule has 1 aromatic heterocycles. The van der Waals surface area contributed by atoms with Gasteiger partial charge in [-0.3, -0.25) is 9.19 Å². The largest absolute Gasteiger partial charge is 0.497 e. The standard InChI is InChI=1S/C22H30N4O6S/c1-15-13-31-8-7-25(15)21-9-17(14-32-33(4,27)28)19-11-23-26(22(19)24-21)12-16-5-6-18(29-2)10-20(16)30-3/h5-6,9-10,15,23H,7-8,11-14H2,1-4H3/t15-/m1/s1. The maximum atomic E-state index is 11.7. The summed E-state index contributed by atoms with van der Waals surface area (Å²) in [5, 5.41) is 1.96. The van der Waals surface area contributed by atoms with E-state index in [9.17, 15) is 8.42 Å². The van der Waals surface area contributed by atoms with E-state index in [1.807, 2.05) is 29.3 Å². The Morgan fingerprint density at radius 3 is 2.73 bits per heavy atom. The Morgan fingerprint density at radius 1 is 1.21 bits per heavy atom. The van der Waals surface area contributed by atoms with Crippen LogP contribution >= 0.6 is 0 Å². The van der Waals surface area contributed by atoms with Gasteiger partial charge >= 0.3 is 0 Å². The summed E-state index contributed by atoms with van der Waals surface area (Å²) in [7, 11) is -0.341. The molecule has 0 aliphatic carbocycles. The molecule has 0 amide bonds. The average molecular weight is 479 g/mol. The number of benzene rings is 1. The number of hydrogen-bond acceptors (Lipinski definition) is 10. The van der Waals surface area contributed by atoms with Gasteiger partial charge in [0, 0.05) is 30.3 Å². The highest BCUT2D eigenvalue weighted by Gasteiger charge is 2.29. The Morgan fingerprint density at radius 2 is 2.03 bits per heavy atom. The lowest BCUT2D eigenvalue weighted by Crippen LogP contribution is -2.44. The van der Waals surface area contributed by atoms with Crippen LogP contribution in [0.25, 0.3) is 0 Å². The summed E-state index contributed by atoms with van der Waals surface area (Å²) < 4.78 is 44.9. The minimum absolute atomic E-state index is 0.0449. The van der Waals surface area contributed by atoms with Crippen molar-refractivity contribution in [1.29, 1.82) is 0 Å². The molecule has 11 heteroatoms. The Bertz CT molecular complexity index is 1110. The van der Waals surface area contributed by atoms with Crippen molar-refractivity contribution in [2.75, 3.05) is 50.1 Å². The van der Waals surface area contributed by atoms with Gasteiger partial charge < -0.3 is 19.1 Å². The number of methoxy groups -OCH3 is 2. The average Bonchev–Trinajstić information content (AvgIpc) is 3.20. The second-order valence-corrected chi connectivity index (χ2v) is 9.77. The van der Waals surface area contributed by atoms with Crippen LogP contribution in [0.15, 0.2) is 24.3 Å². The van der Waals surface area contributed by atoms with E-state index in [4.69, 9.17) is 23.4 Å². The van der Waals surface area contributed by atoms with Crippen LogP contribution in [0.1, 0.15) is 23.6 Å². The molecule has 2 aromatic rings. The fourth-order valence-electron chi connectivity index (χ4n) is 4.06. The first-order valence-electron chi connectivity index (χ1n) is 10.7. The smallest absolute Gasteiger partial charge is 0.264 e. The molecule has 2 aliphatic rings. The number of pyridine rings is 1. The van der Waals surface area contributed by atoms with Crippen molar-refractivity contribution >= 4 is 21.8 Å². The molecule has 1 fully saturated rings. The number of nitrogens with zero attached hydrogens (tertiary/aromatic N) is 3. The molecule has 1 atom stereocenters. The van der Waals surface area contributed by atoms with Gasteiger partial charge in [0.25, 0.3) is 10.1 Å². The minimum Gasteiger partial charge on any atom is -0.497 e. The van der Waals surface area contributed by atoms with Gasteiger partial charge in [-0.1, -0.05) is 0 Å². The molecule has 0 bridgehead atoms. The minimum atomic E-state index is -3.58. The maximum Gasteiger partial charge on any atom is 0.264 e. The number of morpholine rings is 1. The summed E-state index contributed by atoms with van der Waals surface area (Å²) >= 11 is 0. The molecule has 0 radical (unpaired) electrons. The molecule has 0 saturated carbocycles. The van der Waals surface area contributed by atoms with Gasteiger partial charge in [0.15, 0.2) is 0 Å². The van der Waals surface area contributed by atoms with Crippen molar-refractivity contribution in [3.05, 3.63) is 41.0 Å². The van der Waals surface area contributed by atoms with Crippen molar-refractivity contribution < 1.29 is 26.8 Å². The highest BCUT2D eigenvalue weighted by atomic mass is 32.2. The van der Waals surface area contributed by atoms with E-state index >= 15 is 0 Å². The van der Waals surface area contributed by atoms with Gasteiger partial charge in [0.05, 0.1) is 52.9 Å². The molecular weight excluding hydrogens is 448 g/mol. The van der Waals surface area contributed by atoms with Crippen molar-refractivity contribution in [2.24, 2.45) is 0 Å². The number of aromatic nitrogens is 1. The van der Waals surface area contributed by atoms with E-state index < -0.39 is 10.1 Å². The zero-order chi connectivity index (χ0) is 23.6. The Kier molecular flexibility index (Phi) is 6.94. The lowest BCUT2D eigenvalue weighted by molar-refractivity contribution is 0.0985. The Hall–Kier alpha value is -2.60. The molecule has 4 rings (SSSR count). The summed E-state index contributed by atoms with van der Waals surface area (Å²) in [4.78, 5) is 7.14. The fourth-order valence-corrected chi connectivity index (χ4v) is 4.40. The molecule has 0 spiro atoms.